The van der Waals surface area contributed by atoms with Crippen molar-refractivity contribution in [2.45, 2.75) is 25.4 Å². The van der Waals surface area contributed by atoms with Gasteiger partial charge in [0.05, 0.1) is 18.6 Å². The first-order valence-electron chi connectivity index (χ1n) is 9.01. The number of nitriles is 1. The smallest absolute Gasteiger partial charge is 0.255 e. The minimum Gasteiger partial charge on any atom is -0.392 e. The third-order valence-electron chi connectivity index (χ3n) is 4.73. The number of aliphatic hydroxyl groups excluding tert-OH is 1. The number of hydrogen-bond donors (Lipinski definition) is 2. The average Bonchev–Trinajstić information content (AvgIpc) is 3.08. The van der Waals surface area contributed by atoms with E-state index in [1.165, 1.54) is 18.2 Å². The number of anilines is 1. The minimum atomic E-state index is -0.455. The van der Waals surface area contributed by atoms with E-state index in [1.807, 2.05) is 24.3 Å². The number of aliphatic hydroxyl groups is 1. The molecule has 0 aliphatic carbocycles. The van der Waals surface area contributed by atoms with Gasteiger partial charge in [0.1, 0.15) is 5.82 Å². The lowest BCUT2D eigenvalue weighted by Crippen LogP contribution is -2.24. The fraction of sp³-hybridized carbons (Fsp3) is 0.333. The number of hydrogen-bond acceptors (Lipinski definition) is 4. The van der Waals surface area contributed by atoms with E-state index in [0.717, 1.165) is 31.5 Å². The van der Waals surface area contributed by atoms with E-state index < -0.39 is 5.82 Å². The van der Waals surface area contributed by atoms with Gasteiger partial charge in [-0.1, -0.05) is 12.1 Å². The lowest BCUT2D eigenvalue weighted by molar-refractivity contribution is 0.102. The van der Waals surface area contributed by atoms with E-state index in [2.05, 4.69) is 10.2 Å². The fourth-order valence-electron chi connectivity index (χ4n) is 3.25. The monoisotopic (exact) mass is 367 g/mol. The molecule has 5 nitrogen and oxygen atoms in total. The number of rotatable bonds is 6. The van der Waals surface area contributed by atoms with E-state index in [1.54, 1.807) is 6.07 Å². The molecule has 1 saturated heterocycles. The van der Waals surface area contributed by atoms with E-state index >= 15 is 0 Å². The van der Waals surface area contributed by atoms with Gasteiger partial charge in [-0.15, -0.1) is 0 Å². The standard InChI is InChI=1S/C21H22FN3O2/c22-20-5-4-18(13-16(20)6-9-23)24-21(27)17-3-1-2-15(12-17)7-10-25-11-8-19(26)14-25/h1-5,12-13,19,26H,6-8,10-11,14H2,(H,24,27). The summed E-state index contributed by atoms with van der Waals surface area (Å²) in [6, 6.07) is 13.5. The van der Waals surface area contributed by atoms with Gasteiger partial charge in [-0.2, -0.15) is 5.26 Å². The van der Waals surface area contributed by atoms with Crippen molar-refractivity contribution >= 4 is 11.6 Å². The Balaban J connectivity index is 1.63. The molecule has 2 N–H and O–H groups in total. The van der Waals surface area contributed by atoms with Gasteiger partial charge in [0.15, 0.2) is 0 Å². The Hall–Kier alpha value is -2.75. The number of benzene rings is 2. The second-order valence-corrected chi connectivity index (χ2v) is 6.79. The molecule has 0 saturated carbocycles. The molecule has 0 radical (unpaired) electrons. The summed E-state index contributed by atoms with van der Waals surface area (Å²) in [4.78, 5) is 14.7. The number of carbonyl (C=O) groups excluding carboxylic acids is 1. The summed E-state index contributed by atoms with van der Waals surface area (Å²) in [6.45, 7) is 2.45. The van der Waals surface area contributed by atoms with Crippen LogP contribution in [-0.2, 0) is 12.8 Å². The van der Waals surface area contributed by atoms with Crippen LogP contribution in [0.25, 0.3) is 0 Å². The van der Waals surface area contributed by atoms with Crippen LogP contribution >= 0.6 is 0 Å². The maximum absolute atomic E-state index is 13.6. The lowest BCUT2D eigenvalue weighted by Gasteiger charge is -2.15. The van der Waals surface area contributed by atoms with Gasteiger partial charge in [0.2, 0.25) is 0 Å². The zero-order valence-corrected chi connectivity index (χ0v) is 15.0. The van der Waals surface area contributed by atoms with E-state index in [0.29, 0.717) is 17.8 Å². The molecule has 1 heterocycles. The molecule has 1 aliphatic rings. The van der Waals surface area contributed by atoms with Crippen molar-refractivity contribution in [3.8, 4) is 6.07 Å². The highest BCUT2D eigenvalue weighted by Gasteiger charge is 2.19. The van der Waals surface area contributed by atoms with Gasteiger partial charge in [-0.3, -0.25) is 4.79 Å². The van der Waals surface area contributed by atoms with Crippen molar-refractivity contribution in [2.24, 2.45) is 0 Å². The normalized spacial score (nSPS) is 16.9. The first-order chi connectivity index (χ1) is 13.0. The zero-order valence-electron chi connectivity index (χ0n) is 15.0. The molecule has 2 aromatic carbocycles. The summed E-state index contributed by atoms with van der Waals surface area (Å²) >= 11 is 0. The van der Waals surface area contributed by atoms with Crippen LogP contribution in [0.2, 0.25) is 0 Å². The maximum Gasteiger partial charge on any atom is 0.255 e. The van der Waals surface area contributed by atoms with Crippen LogP contribution in [0, 0.1) is 17.1 Å². The Morgan fingerprint density at radius 1 is 1.33 bits per heavy atom. The molecule has 0 aromatic heterocycles. The second kappa shape index (κ2) is 8.76. The Labute approximate surface area is 158 Å². The van der Waals surface area contributed by atoms with Crippen LogP contribution in [0.4, 0.5) is 10.1 Å². The quantitative estimate of drug-likeness (QED) is 0.823. The lowest BCUT2D eigenvalue weighted by atomic mass is 10.1. The van der Waals surface area contributed by atoms with Crippen molar-refractivity contribution in [2.75, 3.05) is 25.0 Å². The third kappa shape index (κ3) is 5.13. The fourth-order valence-corrected chi connectivity index (χ4v) is 3.25. The first kappa shape index (κ1) is 19.0. The van der Waals surface area contributed by atoms with Crippen molar-refractivity contribution in [1.29, 1.82) is 5.26 Å². The minimum absolute atomic E-state index is 0.0454. The van der Waals surface area contributed by atoms with Gasteiger partial charge >= 0.3 is 0 Å². The highest BCUT2D eigenvalue weighted by Crippen LogP contribution is 2.17. The number of nitrogens with one attached hydrogen (secondary N) is 1. The molecule has 1 atom stereocenters. The van der Waals surface area contributed by atoms with Crippen LogP contribution in [0.1, 0.15) is 27.9 Å². The van der Waals surface area contributed by atoms with Crippen molar-refractivity contribution in [1.82, 2.24) is 4.90 Å². The molecule has 1 aliphatic heterocycles. The highest BCUT2D eigenvalue weighted by molar-refractivity contribution is 6.04. The number of halogens is 1. The molecule has 1 amide bonds. The van der Waals surface area contributed by atoms with Gasteiger partial charge in [0, 0.05) is 36.4 Å². The van der Waals surface area contributed by atoms with Crippen LogP contribution in [0.5, 0.6) is 0 Å². The summed E-state index contributed by atoms with van der Waals surface area (Å²) in [5.74, 6) is -0.730. The Morgan fingerprint density at radius 3 is 2.93 bits per heavy atom. The molecular weight excluding hydrogens is 345 g/mol. The van der Waals surface area contributed by atoms with Crippen molar-refractivity contribution in [3.05, 3.63) is 65.0 Å². The Bertz CT molecular complexity index is 863. The molecule has 27 heavy (non-hydrogen) atoms. The molecule has 1 unspecified atom stereocenters. The molecule has 3 rings (SSSR count). The molecule has 0 spiro atoms. The number of nitrogens with zero attached hydrogens (tertiary/aromatic N) is 2. The summed E-state index contributed by atoms with van der Waals surface area (Å²) in [5.41, 5.74) is 2.30. The SMILES string of the molecule is N#CCc1cc(NC(=O)c2cccc(CCN3CCC(O)C3)c2)ccc1F. The summed E-state index contributed by atoms with van der Waals surface area (Å²) < 4.78 is 13.6. The van der Waals surface area contributed by atoms with Crippen LogP contribution in [-0.4, -0.2) is 41.7 Å². The molecule has 140 valence electrons. The molecular formula is C21H22FN3O2. The van der Waals surface area contributed by atoms with Crippen molar-refractivity contribution in [3.63, 3.8) is 0 Å². The molecule has 6 heteroatoms. The second-order valence-electron chi connectivity index (χ2n) is 6.79. The van der Waals surface area contributed by atoms with E-state index in [4.69, 9.17) is 5.26 Å². The van der Waals surface area contributed by atoms with E-state index in [-0.39, 0.29) is 24.0 Å². The predicted molar refractivity (Wildman–Crippen MR) is 101 cm³/mol. The molecule has 1 fully saturated rings. The predicted octanol–water partition coefficient (Wildman–Crippen LogP) is 2.75. The average molecular weight is 367 g/mol. The summed E-state index contributed by atoms with van der Waals surface area (Å²) in [5, 5.41) is 21.1. The molecule has 0 bridgehead atoms. The van der Waals surface area contributed by atoms with E-state index in [9.17, 15) is 14.3 Å². The number of β-amino-alcohol motifs (C(OH)–C–C–N with tert-alkyl or cyclic N) is 1. The largest absolute Gasteiger partial charge is 0.392 e. The summed E-state index contributed by atoms with van der Waals surface area (Å²) in [7, 11) is 0. The van der Waals surface area contributed by atoms with Crippen LogP contribution < -0.4 is 5.32 Å². The topological polar surface area (TPSA) is 76.4 Å². The van der Waals surface area contributed by atoms with Gasteiger partial charge in [-0.25, -0.2) is 4.39 Å². The number of carbonyl (C=O) groups is 1. The zero-order chi connectivity index (χ0) is 19.2. The maximum atomic E-state index is 13.6. The third-order valence-corrected chi connectivity index (χ3v) is 4.73. The first-order valence-corrected chi connectivity index (χ1v) is 9.01. The Morgan fingerprint density at radius 2 is 2.19 bits per heavy atom. The highest BCUT2D eigenvalue weighted by atomic mass is 19.1. The van der Waals surface area contributed by atoms with Gasteiger partial charge in [-0.05, 0) is 48.7 Å². The van der Waals surface area contributed by atoms with Crippen LogP contribution in [0.15, 0.2) is 42.5 Å². The summed E-state index contributed by atoms with van der Waals surface area (Å²) in [6.07, 6.45) is 1.34. The number of amides is 1. The molecule has 2 aromatic rings. The number of likely N-dealkylation sites (tertiary alicyclic amines) is 1. The Kier molecular flexibility index (Phi) is 6.17. The van der Waals surface area contributed by atoms with Crippen molar-refractivity contribution < 1.29 is 14.3 Å². The van der Waals surface area contributed by atoms with Crippen LogP contribution in [0.3, 0.4) is 0 Å². The van der Waals surface area contributed by atoms with Gasteiger partial charge in [0.25, 0.3) is 5.91 Å². The van der Waals surface area contributed by atoms with Gasteiger partial charge < -0.3 is 15.3 Å².